The molecule has 3 N–H and O–H groups in total. The number of aromatic nitrogens is 2. The van der Waals surface area contributed by atoms with E-state index in [1.807, 2.05) is 51.1 Å². The summed E-state index contributed by atoms with van der Waals surface area (Å²) in [5.74, 6) is -0.175. The molecule has 21 heavy (non-hydrogen) atoms. The lowest BCUT2D eigenvalue weighted by Gasteiger charge is -2.18. The first kappa shape index (κ1) is 15.1. The molecule has 0 aliphatic rings. The molecular formula is C16H22N4O. The van der Waals surface area contributed by atoms with Gasteiger partial charge in [-0.2, -0.15) is 5.10 Å². The topological polar surface area (TPSA) is 72.9 Å². The first-order valence-electron chi connectivity index (χ1n) is 7.27. The number of rotatable bonds is 5. The Bertz CT molecular complexity index is 619. The van der Waals surface area contributed by atoms with Crippen molar-refractivity contribution in [3.63, 3.8) is 0 Å². The number of aryl methyl sites for hydroxylation is 2. The Morgan fingerprint density at radius 2 is 2.00 bits per heavy atom. The zero-order chi connectivity index (χ0) is 15.4. The van der Waals surface area contributed by atoms with Crippen molar-refractivity contribution in [2.45, 2.75) is 39.8 Å². The van der Waals surface area contributed by atoms with Crippen molar-refractivity contribution in [1.82, 2.24) is 15.1 Å². The molecule has 1 aromatic carbocycles. The highest BCUT2D eigenvalue weighted by molar-refractivity contribution is 5.98. The minimum absolute atomic E-state index is 0.0291. The number of nitrogens with zero attached hydrogens (tertiary/aromatic N) is 2. The molecule has 1 unspecified atom stereocenters. The van der Waals surface area contributed by atoms with Crippen LogP contribution in [0.3, 0.4) is 0 Å². The molecule has 2 rings (SSSR count). The van der Waals surface area contributed by atoms with Crippen LogP contribution in [0.2, 0.25) is 0 Å². The molecule has 1 heterocycles. The lowest BCUT2D eigenvalue weighted by Crippen LogP contribution is -2.30. The summed E-state index contributed by atoms with van der Waals surface area (Å²) < 4.78 is 1.65. The number of hydrogen-bond donors (Lipinski definition) is 2. The Hall–Kier alpha value is -2.30. The van der Waals surface area contributed by atoms with Crippen LogP contribution >= 0.6 is 0 Å². The number of nitrogens with two attached hydrogens (primary N) is 1. The Kier molecular flexibility index (Phi) is 4.62. The van der Waals surface area contributed by atoms with Crippen molar-refractivity contribution in [3.05, 3.63) is 47.3 Å². The van der Waals surface area contributed by atoms with Crippen molar-refractivity contribution in [2.24, 2.45) is 0 Å². The van der Waals surface area contributed by atoms with Gasteiger partial charge in [-0.25, -0.2) is 0 Å². The van der Waals surface area contributed by atoms with E-state index in [0.29, 0.717) is 23.6 Å². The third kappa shape index (κ3) is 3.07. The van der Waals surface area contributed by atoms with Gasteiger partial charge in [0.25, 0.3) is 5.91 Å². The van der Waals surface area contributed by atoms with E-state index in [1.165, 1.54) is 0 Å². The van der Waals surface area contributed by atoms with Crippen molar-refractivity contribution in [1.29, 1.82) is 0 Å². The molecular weight excluding hydrogens is 264 g/mol. The second-order valence-electron chi connectivity index (χ2n) is 5.01. The van der Waals surface area contributed by atoms with Crippen molar-refractivity contribution >= 4 is 11.6 Å². The number of nitrogens with one attached hydrogen (secondary N) is 1. The molecule has 0 aliphatic carbocycles. The number of benzene rings is 1. The number of carbonyl (C=O) groups excluding carboxylic acids is 1. The van der Waals surface area contributed by atoms with E-state index in [9.17, 15) is 4.79 Å². The fourth-order valence-electron chi connectivity index (χ4n) is 2.40. The third-order valence-electron chi connectivity index (χ3n) is 3.60. The van der Waals surface area contributed by atoms with Crippen molar-refractivity contribution < 1.29 is 4.79 Å². The van der Waals surface area contributed by atoms with Crippen LogP contribution in [0.15, 0.2) is 30.3 Å². The molecule has 0 radical (unpaired) electrons. The molecule has 0 saturated carbocycles. The SMILES string of the molecule is CCC(NC(=O)c1c(N)c(C)nn1CC)c1ccccc1. The molecule has 0 aliphatic heterocycles. The summed E-state index contributed by atoms with van der Waals surface area (Å²) in [5, 5.41) is 7.33. The van der Waals surface area contributed by atoms with Gasteiger partial charge in [0.15, 0.2) is 0 Å². The van der Waals surface area contributed by atoms with Crippen LogP contribution in [0, 0.1) is 6.92 Å². The molecule has 0 bridgehead atoms. The van der Waals surface area contributed by atoms with Crippen LogP contribution in [-0.2, 0) is 6.54 Å². The molecule has 1 amide bonds. The number of carbonyl (C=O) groups is 1. The van der Waals surface area contributed by atoms with E-state index in [1.54, 1.807) is 4.68 Å². The number of anilines is 1. The van der Waals surface area contributed by atoms with Gasteiger partial charge in [-0.1, -0.05) is 37.3 Å². The predicted octanol–water partition coefficient (Wildman–Crippen LogP) is 2.67. The van der Waals surface area contributed by atoms with Crippen LogP contribution in [0.1, 0.15) is 48.1 Å². The van der Waals surface area contributed by atoms with Crippen LogP contribution in [0.25, 0.3) is 0 Å². The summed E-state index contributed by atoms with van der Waals surface area (Å²) in [7, 11) is 0. The minimum Gasteiger partial charge on any atom is -0.395 e. The van der Waals surface area contributed by atoms with Gasteiger partial charge in [0, 0.05) is 6.54 Å². The first-order valence-corrected chi connectivity index (χ1v) is 7.27. The third-order valence-corrected chi connectivity index (χ3v) is 3.60. The maximum Gasteiger partial charge on any atom is 0.272 e. The van der Waals surface area contributed by atoms with E-state index >= 15 is 0 Å². The molecule has 112 valence electrons. The van der Waals surface area contributed by atoms with Crippen LogP contribution < -0.4 is 11.1 Å². The van der Waals surface area contributed by atoms with Crippen molar-refractivity contribution in [3.8, 4) is 0 Å². The lowest BCUT2D eigenvalue weighted by atomic mass is 10.0. The zero-order valence-electron chi connectivity index (χ0n) is 12.8. The fraction of sp³-hybridized carbons (Fsp3) is 0.375. The number of hydrogen-bond acceptors (Lipinski definition) is 3. The zero-order valence-corrected chi connectivity index (χ0v) is 12.8. The maximum atomic E-state index is 12.5. The molecule has 5 nitrogen and oxygen atoms in total. The van der Waals surface area contributed by atoms with Gasteiger partial charge >= 0.3 is 0 Å². The second-order valence-corrected chi connectivity index (χ2v) is 5.01. The molecule has 2 aromatic rings. The van der Waals surface area contributed by atoms with Gasteiger partial charge in [-0.15, -0.1) is 0 Å². The highest BCUT2D eigenvalue weighted by Crippen LogP contribution is 2.20. The van der Waals surface area contributed by atoms with Gasteiger partial charge in [0.1, 0.15) is 5.69 Å². The van der Waals surface area contributed by atoms with Gasteiger partial charge in [0.2, 0.25) is 0 Å². The average molecular weight is 286 g/mol. The molecule has 1 aromatic heterocycles. The second kappa shape index (κ2) is 6.43. The number of nitrogen functional groups attached to an aromatic ring is 1. The monoisotopic (exact) mass is 286 g/mol. The summed E-state index contributed by atoms with van der Waals surface area (Å²) in [5.41, 5.74) is 8.67. The summed E-state index contributed by atoms with van der Waals surface area (Å²) >= 11 is 0. The van der Waals surface area contributed by atoms with Gasteiger partial charge in [-0.3, -0.25) is 9.48 Å². The normalized spacial score (nSPS) is 12.1. The summed E-state index contributed by atoms with van der Waals surface area (Å²) in [6.45, 7) is 6.41. The van der Waals surface area contributed by atoms with E-state index in [4.69, 9.17) is 5.73 Å². The lowest BCUT2D eigenvalue weighted by molar-refractivity contribution is 0.0925. The maximum absolute atomic E-state index is 12.5. The van der Waals surface area contributed by atoms with E-state index in [2.05, 4.69) is 10.4 Å². The highest BCUT2D eigenvalue weighted by atomic mass is 16.2. The van der Waals surface area contributed by atoms with Gasteiger partial charge in [-0.05, 0) is 25.8 Å². The van der Waals surface area contributed by atoms with Gasteiger partial charge < -0.3 is 11.1 Å². The largest absolute Gasteiger partial charge is 0.395 e. The molecule has 5 heteroatoms. The van der Waals surface area contributed by atoms with Crippen LogP contribution in [0.4, 0.5) is 5.69 Å². The van der Waals surface area contributed by atoms with E-state index < -0.39 is 0 Å². The summed E-state index contributed by atoms with van der Waals surface area (Å²) in [4.78, 5) is 12.5. The standard InChI is InChI=1S/C16H22N4O/c1-4-13(12-9-7-6-8-10-12)18-16(21)15-14(17)11(3)19-20(15)5-2/h6-10,13H,4-5,17H2,1-3H3,(H,18,21). The smallest absolute Gasteiger partial charge is 0.272 e. The summed E-state index contributed by atoms with van der Waals surface area (Å²) in [6.07, 6.45) is 0.814. The molecule has 0 fully saturated rings. The highest BCUT2D eigenvalue weighted by Gasteiger charge is 2.21. The van der Waals surface area contributed by atoms with Crippen LogP contribution in [0.5, 0.6) is 0 Å². The number of amides is 1. The molecule has 1 atom stereocenters. The Morgan fingerprint density at radius 1 is 1.33 bits per heavy atom. The molecule has 0 saturated heterocycles. The Balaban J connectivity index is 2.25. The van der Waals surface area contributed by atoms with Crippen molar-refractivity contribution in [2.75, 3.05) is 5.73 Å². The van der Waals surface area contributed by atoms with Crippen LogP contribution in [-0.4, -0.2) is 15.7 Å². The minimum atomic E-state index is -0.175. The van der Waals surface area contributed by atoms with E-state index in [-0.39, 0.29) is 11.9 Å². The quantitative estimate of drug-likeness (QED) is 0.887. The fourth-order valence-corrected chi connectivity index (χ4v) is 2.40. The summed E-state index contributed by atoms with van der Waals surface area (Å²) in [6, 6.07) is 9.91. The predicted molar refractivity (Wildman–Crippen MR) is 84.0 cm³/mol. The Labute approximate surface area is 125 Å². The first-order chi connectivity index (χ1) is 10.1. The van der Waals surface area contributed by atoms with E-state index in [0.717, 1.165) is 12.0 Å². The average Bonchev–Trinajstić information content (AvgIpc) is 2.80. The Morgan fingerprint density at radius 3 is 2.57 bits per heavy atom. The molecule has 0 spiro atoms. The van der Waals surface area contributed by atoms with Gasteiger partial charge in [0.05, 0.1) is 17.4 Å².